The molecule has 62 heavy (non-hydrogen) atoms. The van der Waals surface area contributed by atoms with E-state index in [4.69, 9.17) is 0 Å². The van der Waals surface area contributed by atoms with Crippen molar-refractivity contribution < 1.29 is 28.8 Å². The molecule has 3 aromatic carbocycles. The van der Waals surface area contributed by atoms with Gasteiger partial charge < -0.3 is 25.4 Å². The third kappa shape index (κ3) is 10.1. The molecule has 1 saturated heterocycles. The highest BCUT2D eigenvalue weighted by atomic mass is 16.2. The largest absolute Gasteiger partial charge is 0.352 e. The van der Waals surface area contributed by atoms with Crippen LogP contribution in [0.3, 0.4) is 0 Å². The summed E-state index contributed by atoms with van der Waals surface area (Å²) in [7, 11) is 3.52. The van der Waals surface area contributed by atoms with E-state index in [1.807, 2.05) is 61.5 Å². The van der Waals surface area contributed by atoms with Crippen molar-refractivity contribution in [1.82, 2.24) is 30.3 Å². The first-order chi connectivity index (χ1) is 29.9. The molecule has 1 aromatic heterocycles. The van der Waals surface area contributed by atoms with Crippen LogP contribution in [0.1, 0.15) is 118 Å². The first-order valence-corrected chi connectivity index (χ1v) is 21.8. The van der Waals surface area contributed by atoms with Gasteiger partial charge in [0, 0.05) is 94.4 Å². The highest BCUT2D eigenvalue weighted by Crippen LogP contribution is 2.49. The highest BCUT2D eigenvalue weighted by Gasteiger charge is 2.48. The fraction of sp³-hybridized carbons (Fsp3) is 0.417. The maximum absolute atomic E-state index is 13.5. The van der Waals surface area contributed by atoms with Crippen LogP contribution in [-0.2, 0) is 34.8 Å². The molecule has 7 rings (SSSR count). The molecular formula is C48H58N8O6. The number of urea groups is 1. The van der Waals surface area contributed by atoms with E-state index >= 15 is 0 Å². The smallest absolute Gasteiger partial charge is 0.328 e. The monoisotopic (exact) mass is 842 g/mol. The summed E-state index contributed by atoms with van der Waals surface area (Å²) in [5.74, 6) is -0.668. The minimum Gasteiger partial charge on any atom is -0.352 e. The van der Waals surface area contributed by atoms with Gasteiger partial charge in [-0.05, 0) is 104 Å². The van der Waals surface area contributed by atoms with Gasteiger partial charge >= 0.3 is 6.03 Å². The van der Waals surface area contributed by atoms with Gasteiger partial charge in [-0.2, -0.15) is 0 Å². The van der Waals surface area contributed by atoms with Crippen molar-refractivity contribution in [1.29, 1.82) is 0 Å². The Hall–Kier alpha value is -6.28. The van der Waals surface area contributed by atoms with Crippen molar-refractivity contribution >= 4 is 46.9 Å². The lowest BCUT2D eigenvalue weighted by Gasteiger charge is -2.53. The third-order valence-corrected chi connectivity index (χ3v) is 12.4. The second-order valence-corrected chi connectivity index (χ2v) is 16.9. The number of nitrogens with one attached hydrogen (secondary N) is 4. The summed E-state index contributed by atoms with van der Waals surface area (Å²) in [4.78, 5) is 80.8. The fourth-order valence-corrected chi connectivity index (χ4v) is 8.74. The van der Waals surface area contributed by atoms with Crippen molar-refractivity contribution in [3.8, 4) is 0 Å². The number of hydrogen-bond acceptors (Lipinski definition) is 7. The second-order valence-electron chi connectivity index (χ2n) is 16.9. The summed E-state index contributed by atoms with van der Waals surface area (Å²) >= 11 is 0. The van der Waals surface area contributed by atoms with Gasteiger partial charge in [0.1, 0.15) is 5.69 Å². The molecule has 1 saturated carbocycles. The number of unbranched alkanes of at least 4 members (excludes halogenated alkanes) is 4. The maximum Gasteiger partial charge on any atom is 0.328 e. The van der Waals surface area contributed by atoms with E-state index in [0.29, 0.717) is 47.7 Å². The second kappa shape index (κ2) is 19.6. The molecule has 3 aliphatic rings. The minimum atomic E-state index is -0.480. The third-order valence-electron chi connectivity index (χ3n) is 12.4. The quantitative estimate of drug-likeness (QED) is 0.0885. The summed E-state index contributed by atoms with van der Waals surface area (Å²) in [6.45, 7) is 5.39. The Morgan fingerprint density at radius 1 is 0.758 bits per heavy atom. The van der Waals surface area contributed by atoms with E-state index in [9.17, 15) is 28.8 Å². The number of fused-ring (bicyclic) bond motifs is 2. The fourth-order valence-electron chi connectivity index (χ4n) is 8.74. The van der Waals surface area contributed by atoms with Crippen molar-refractivity contribution in [2.45, 2.75) is 96.3 Å². The lowest BCUT2D eigenvalue weighted by atomic mass is 9.71. The Morgan fingerprint density at radius 3 is 2.18 bits per heavy atom. The van der Waals surface area contributed by atoms with E-state index < -0.39 is 6.03 Å². The number of aryl methyl sites for hydroxylation is 1. The molecule has 0 radical (unpaired) electrons. The van der Waals surface area contributed by atoms with Crippen LogP contribution in [-0.4, -0.2) is 83.7 Å². The van der Waals surface area contributed by atoms with Crippen molar-refractivity contribution in [3.63, 3.8) is 0 Å². The van der Waals surface area contributed by atoms with E-state index in [0.717, 1.165) is 82.1 Å². The van der Waals surface area contributed by atoms with Crippen LogP contribution in [0, 0.1) is 6.92 Å². The molecule has 7 amide bonds. The standard InChI is InChI=1S/C48H58N8O6/c1-33-11-16-37(30-40(33)56-27-23-43(58)52-47(56)62)44(59)49-26-8-6-4-5-7-10-42(57)51-38-19-14-34(15-20-38)31-50-45(60)39-21-22-41-48(24-9-25-48)54(28-29-55(39)41)32-35-12-17-36(18-13-35)46(61)53(2)3/h11-22,30H,4-10,23-29,31-32H2,1-3H3,(H,49,59)(H,50,60)(H,51,57)(H,52,58,62). The number of aromatic nitrogens is 1. The van der Waals surface area contributed by atoms with E-state index in [-0.39, 0.29) is 48.0 Å². The molecular weight excluding hydrogens is 785 g/mol. The Labute approximate surface area is 363 Å². The Kier molecular flexibility index (Phi) is 13.9. The average Bonchev–Trinajstić information content (AvgIpc) is 3.68. The predicted octanol–water partition coefficient (Wildman–Crippen LogP) is 6.48. The van der Waals surface area contributed by atoms with Crippen molar-refractivity contribution in [2.75, 3.05) is 43.9 Å². The Balaban J connectivity index is 0.786. The first-order valence-electron chi connectivity index (χ1n) is 21.8. The van der Waals surface area contributed by atoms with Crippen molar-refractivity contribution in [3.05, 3.63) is 118 Å². The number of nitrogens with zero attached hydrogens (tertiary/aromatic N) is 4. The summed E-state index contributed by atoms with van der Waals surface area (Å²) in [5, 5.41) is 11.3. The molecule has 2 fully saturated rings. The zero-order valence-corrected chi connectivity index (χ0v) is 36.1. The van der Waals surface area contributed by atoms with E-state index in [1.54, 1.807) is 37.2 Å². The number of hydrogen-bond donors (Lipinski definition) is 4. The summed E-state index contributed by atoms with van der Waals surface area (Å²) in [6.07, 6.45) is 8.24. The molecule has 14 nitrogen and oxygen atoms in total. The van der Waals surface area contributed by atoms with Gasteiger partial charge in [0.05, 0.1) is 5.54 Å². The lowest BCUT2D eigenvalue weighted by Crippen LogP contribution is -2.56. The van der Waals surface area contributed by atoms with Gasteiger partial charge in [0.2, 0.25) is 11.8 Å². The molecule has 1 aliphatic carbocycles. The van der Waals surface area contributed by atoms with E-state index in [1.165, 1.54) is 16.2 Å². The molecule has 2 aliphatic heterocycles. The summed E-state index contributed by atoms with van der Waals surface area (Å²) in [6, 6.07) is 24.3. The molecule has 326 valence electrons. The maximum atomic E-state index is 13.5. The lowest BCUT2D eigenvalue weighted by molar-refractivity contribution is -0.120. The predicted molar refractivity (Wildman–Crippen MR) is 238 cm³/mol. The van der Waals surface area contributed by atoms with Crippen LogP contribution in [0.5, 0.6) is 0 Å². The molecule has 14 heteroatoms. The normalized spacial score (nSPS) is 15.6. The number of rotatable bonds is 17. The number of carbonyl (C=O) groups is 6. The Morgan fingerprint density at radius 2 is 1.47 bits per heavy atom. The molecule has 4 aromatic rings. The van der Waals surface area contributed by atoms with Crippen LogP contribution in [0.15, 0.2) is 78.9 Å². The zero-order chi connectivity index (χ0) is 43.8. The number of imide groups is 1. The molecule has 4 N–H and O–H groups in total. The molecule has 0 bridgehead atoms. The van der Waals surface area contributed by atoms with Crippen LogP contribution in [0.4, 0.5) is 16.2 Å². The van der Waals surface area contributed by atoms with Crippen LogP contribution in [0.2, 0.25) is 0 Å². The topological polar surface area (TPSA) is 165 Å². The highest BCUT2D eigenvalue weighted by molar-refractivity contribution is 6.06. The van der Waals surface area contributed by atoms with Crippen molar-refractivity contribution in [2.24, 2.45) is 0 Å². The first kappa shape index (κ1) is 43.8. The van der Waals surface area contributed by atoms with E-state index in [2.05, 4.69) is 36.8 Å². The molecule has 0 atom stereocenters. The van der Waals surface area contributed by atoms with Gasteiger partial charge in [-0.3, -0.25) is 39.1 Å². The van der Waals surface area contributed by atoms with Crippen LogP contribution < -0.4 is 26.2 Å². The van der Waals surface area contributed by atoms with Gasteiger partial charge in [0.15, 0.2) is 0 Å². The molecule has 3 heterocycles. The number of carbonyl (C=O) groups excluding carboxylic acids is 6. The minimum absolute atomic E-state index is 0.00459. The Bertz CT molecular complexity index is 2300. The SMILES string of the molecule is Cc1ccc(C(=O)NCCCCCCCC(=O)Nc2ccc(CNC(=O)c3ccc4n3CCN(Cc3ccc(C(=O)N(C)C)cc3)C43CCC3)cc2)cc1N1CCC(=O)NC1=O. The molecule has 1 spiro atoms. The number of amides is 7. The summed E-state index contributed by atoms with van der Waals surface area (Å²) in [5.41, 5.74) is 7.20. The number of anilines is 2. The van der Waals surface area contributed by atoms with Crippen LogP contribution >= 0.6 is 0 Å². The van der Waals surface area contributed by atoms with Gasteiger partial charge in [-0.15, -0.1) is 0 Å². The van der Waals surface area contributed by atoms with Crippen LogP contribution in [0.25, 0.3) is 0 Å². The summed E-state index contributed by atoms with van der Waals surface area (Å²) < 4.78 is 2.19. The van der Waals surface area contributed by atoms with Gasteiger partial charge in [-0.1, -0.05) is 49.6 Å². The molecule has 0 unspecified atom stereocenters. The van der Waals surface area contributed by atoms with Gasteiger partial charge in [0.25, 0.3) is 17.7 Å². The average molecular weight is 843 g/mol. The number of benzene rings is 3. The zero-order valence-electron chi connectivity index (χ0n) is 36.1. The van der Waals surface area contributed by atoms with Gasteiger partial charge in [-0.25, -0.2) is 4.79 Å².